The van der Waals surface area contributed by atoms with E-state index < -0.39 is 0 Å². The highest BCUT2D eigenvalue weighted by Gasteiger charge is 2.21. The lowest BCUT2D eigenvalue weighted by atomic mass is 10.3. The molecule has 1 aromatic rings. The molecule has 1 N–H and O–H groups in total. The van der Waals surface area contributed by atoms with Crippen molar-refractivity contribution in [2.24, 2.45) is 0 Å². The van der Waals surface area contributed by atoms with Gasteiger partial charge in [-0.3, -0.25) is 4.79 Å². The first-order valence-corrected chi connectivity index (χ1v) is 7.08. The molecule has 0 radical (unpaired) electrons. The molecule has 0 saturated heterocycles. The van der Waals surface area contributed by atoms with Crippen LogP contribution < -0.4 is 10.1 Å². The minimum Gasteiger partial charge on any atom is -0.481 e. The van der Waals surface area contributed by atoms with Crippen molar-refractivity contribution in [1.82, 2.24) is 5.32 Å². The fourth-order valence-electron chi connectivity index (χ4n) is 1.21. The van der Waals surface area contributed by atoms with Crippen molar-refractivity contribution in [1.29, 1.82) is 0 Å². The number of ether oxygens (including phenoxy) is 1. The van der Waals surface area contributed by atoms with Gasteiger partial charge in [-0.05, 0) is 13.8 Å². The molecule has 0 aliphatic rings. The third-order valence-electron chi connectivity index (χ3n) is 1.97. The second-order valence-electron chi connectivity index (χ2n) is 3.91. The van der Waals surface area contributed by atoms with Crippen LogP contribution in [0.4, 0.5) is 0 Å². The highest BCUT2D eigenvalue weighted by molar-refractivity contribution is 6.55. The number of rotatable bonds is 4. The van der Waals surface area contributed by atoms with Crippen molar-refractivity contribution in [3.8, 4) is 5.75 Å². The molecule has 106 valence electrons. The van der Waals surface area contributed by atoms with Crippen LogP contribution in [0.5, 0.6) is 5.75 Å². The summed E-state index contributed by atoms with van der Waals surface area (Å²) in [6.45, 7) is 3.40. The van der Waals surface area contributed by atoms with Crippen molar-refractivity contribution in [3.63, 3.8) is 0 Å². The van der Waals surface area contributed by atoms with Gasteiger partial charge in [0, 0.05) is 6.04 Å². The summed E-state index contributed by atoms with van der Waals surface area (Å²) in [5.41, 5.74) is 0. The smallest absolute Gasteiger partial charge is 0.258 e. The largest absolute Gasteiger partial charge is 0.481 e. The zero-order valence-electron chi connectivity index (χ0n) is 9.99. The van der Waals surface area contributed by atoms with Gasteiger partial charge in [-0.1, -0.05) is 58.0 Å². The maximum Gasteiger partial charge on any atom is 0.258 e. The third-order valence-corrected chi connectivity index (χ3v) is 4.21. The Hall–Kier alpha value is -0.0600. The maximum atomic E-state index is 11.5. The summed E-state index contributed by atoms with van der Waals surface area (Å²) in [6.07, 6.45) is 0. The molecule has 0 fully saturated rings. The molecule has 1 amide bonds. The van der Waals surface area contributed by atoms with Gasteiger partial charge in [-0.2, -0.15) is 0 Å². The SMILES string of the molecule is CC(C)NC(=O)COc1c(Cl)c(Cl)c(Cl)c(Cl)c1Cl. The zero-order valence-corrected chi connectivity index (χ0v) is 13.8. The summed E-state index contributed by atoms with van der Waals surface area (Å²) in [5.74, 6) is -0.286. The summed E-state index contributed by atoms with van der Waals surface area (Å²) in [5, 5.41) is 2.76. The summed E-state index contributed by atoms with van der Waals surface area (Å²) >= 11 is 29.5. The van der Waals surface area contributed by atoms with Crippen molar-refractivity contribution >= 4 is 63.9 Å². The van der Waals surface area contributed by atoms with Crippen LogP contribution in [0, 0.1) is 0 Å². The van der Waals surface area contributed by atoms with Crippen LogP contribution in [0.15, 0.2) is 0 Å². The average molecular weight is 365 g/mol. The van der Waals surface area contributed by atoms with Crippen molar-refractivity contribution in [3.05, 3.63) is 25.1 Å². The predicted octanol–water partition coefficient (Wildman–Crippen LogP) is 4.86. The molecule has 0 spiro atoms. The molecule has 1 aromatic carbocycles. The number of benzene rings is 1. The van der Waals surface area contributed by atoms with Gasteiger partial charge in [0.25, 0.3) is 5.91 Å². The van der Waals surface area contributed by atoms with Crippen LogP contribution in [-0.2, 0) is 4.79 Å². The summed E-state index contributed by atoms with van der Waals surface area (Å²) < 4.78 is 5.24. The zero-order chi connectivity index (χ0) is 14.7. The van der Waals surface area contributed by atoms with E-state index >= 15 is 0 Å². The van der Waals surface area contributed by atoms with E-state index in [1.54, 1.807) is 0 Å². The number of carbonyl (C=O) groups is 1. The predicted molar refractivity (Wildman–Crippen MR) is 80.3 cm³/mol. The van der Waals surface area contributed by atoms with E-state index in [1.165, 1.54) is 0 Å². The molecule has 0 bridgehead atoms. The van der Waals surface area contributed by atoms with Crippen LogP contribution in [0.1, 0.15) is 13.8 Å². The normalized spacial score (nSPS) is 10.7. The first-order valence-electron chi connectivity index (χ1n) is 5.19. The third kappa shape index (κ3) is 4.20. The summed E-state index contributed by atoms with van der Waals surface area (Å²) in [4.78, 5) is 11.5. The fraction of sp³-hybridized carbons (Fsp3) is 0.364. The molecular formula is C11H10Cl5NO2. The second kappa shape index (κ2) is 7.09. The van der Waals surface area contributed by atoms with Gasteiger partial charge in [0.2, 0.25) is 0 Å². The first-order chi connectivity index (χ1) is 8.75. The molecule has 3 nitrogen and oxygen atoms in total. The van der Waals surface area contributed by atoms with Crippen LogP contribution in [0.2, 0.25) is 25.1 Å². The topological polar surface area (TPSA) is 38.3 Å². The van der Waals surface area contributed by atoms with E-state index in [0.717, 1.165) is 0 Å². The number of hydrogen-bond acceptors (Lipinski definition) is 2. The second-order valence-corrected chi connectivity index (χ2v) is 5.80. The average Bonchev–Trinajstić information content (AvgIpc) is 2.33. The lowest BCUT2D eigenvalue weighted by molar-refractivity contribution is -0.123. The number of halogens is 5. The van der Waals surface area contributed by atoms with Gasteiger partial charge in [0.15, 0.2) is 12.4 Å². The van der Waals surface area contributed by atoms with E-state index in [4.69, 9.17) is 62.7 Å². The molecule has 0 aliphatic heterocycles. The van der Waals surface area contributed by atoms with E-state index in [0.29, 0.717) is 0 Å². The molecule has 0 heterocycles. The minimum absolute atomic E-state index is 0.000521. The first kappa shape index (κ1) is 17.0. The maximum absolute atomic E-state index is 11.5. The Labute approximate surface area is 136 Å². The van der Waals surface area contributed by atoms with E-state index in [-0.39, 0.29) is 49.4 Å². The van der Waals surface area contributed by atoms with E-state index in [2.05, 4.69) is 5.32 Å². The molecule has 8 heteroatoms. The fourth-order valence-corrected chi connectivity index (χ4v) is 2.44. The lowest BCUT2D eigenvalue weighted by Crippen LogP contribution is -2.34. The molecule has 1 rings (SSSR count). The van der Waals surface area contributed by atoms with Crippen molar-refractivity contribution < 1.29 is 9.53 Å². The van der Waals surface area contributed by atoms with Crippen LogP contribution in [0.3, 0.4) is 0 Å². The van der Waals surface area contributed by atoms with Gasteiger partial charge in [-0.25, -0.2) is 0 Å². The Balaban J connectivity index is 2.94. The standard InChI is InChI=1S/C11H10Cl5NO2/c1-4(2)17-5(18)3-19-11-9(15)7(13)6(12)8(14)10(11)16/h4H,3H2,1-2H3,(H,17,18). The van der Waals surface area contributed by atoms with Gasteiger partial charge >= 0.3 is 0 Å². The van der Waals surface area contributed by atoms with E-state index in [9.17, 15) is 4.79 Å². The van der Waals surface area contributed by atoms with Crippen LogP contribution >= 0.6 is 58.0 Å². The van der Waals surface area contributed by atoms with E-state index in [1.807, 2.05) is 13.8 Å². The van der Waals surface area contributed by atoms with Gasteiger partial charge in [-0.15, -0.1) is 0 Å². The Morgan fingerprint density at radius 1 is 1.00 bits per heavy atom. The number of nitrogens with one attached hydrogen (secondary N) is 1. The highest BCUT2D eigenvalue weighted by atomic mass is 35.5. The molecule has 0 aliphatic carbocycles. The molecule has 0 aromatic heterocycles. The number of amides is 1. The molecular weight excluding hydrogens is 355 g/mol. The van der Waals surface area contributed by atoms with Crippen LogP contribution in [-0.4, -0.2) is 18.6 Å². The quantitative estimate of drug-likeness (QED) is 0.611. The van der Waals surface area contributed by atoms with Crippen molar-refractivity contribution in [2.75, 3.05) is 6.61 Å². The van der Waals surface area contributed by atoms with Gasteiger partial charge in [0.05, 0.1) is 15.1 Å². The van der Waals surface area contributed by atoms with Gasteiger partial charge in [0.1, 0.15) is 10.0 Å². The van der Waals surface area contributed by atoms with Crippen molar-refractivity contribution in [2.45, 2.75) is 19.9 Å². The molecule has 0 unspecified atom stereocenters. The Morgan fingerprint density at radius 2 is 1.42 bits per heavy atom. The van der Waals surface area contributed by atoms with Gasteiger partial charge < -0.3 is 10.1 Å². The molecule has 0 saturated carbocycles. The molecule has 19 heavy (non-hydrogen) atoms. The Bertz CT molecular complexity index is 475. The number of carbonyl (C=O) groups excluding carboxylic acids is 1. The minimum atomic E-state index is -0.315. The summed E-state index contributed by atoms with van der Waals surface area (Å²) in [7, 11) is 0. The summed E-state index contributed by atoms with van der Waals surface area (Å²) in [6, 6.07) is -0.000521. The van der Waals surface area contributed by atoms with Crippen LogP contribution in [0.25, 0.3) is 0 Å². The Morgan fingerprint density at radius 3 is 1.84 bits per heavy atom. The highest BCUT2D eigenvalue weighted by Crippen LogP contribution is 2.48. The number of hydrogen-bond donors (Lipinski definition) is 1. The monoisotopic (exact) mass is 363 g/mol. The Kier molecular flexibility index (Phi) is 6.34. The molecule has 0 atom stereocenters. The lowest BCUT2D eigenvalue weighted by Gasteiger charge is -2.14.